The van der Waals surface area contributed by atoms with Crippen LogP contribution in [0.3, 0.4) is 0 Å². The Morgan fingerprint density at radius 3 is 2.66 bits per heavy atom. The second-order valence-electron chi connectivity index (χ2n) is 8.32. The number of anilines is 1. The van der Waals surface area contributed by atoms with Gasteiger partial charge in [-0.15, -0.1) is 11.3 Å². The Kier molecular flexibility index (Phi) is 6.06. The van der Waals surface area contributed by atoms with Gasteiger partial charge in [-0.1, -0.05) is 19.3 Å². The van der Waals surface area contributed by atoms with Crippen LogP contribution in [0, 0.1) is 18.8 Å². The first-order valence-corrected chi connectivity index (χ1v) is 13.0. The summed E-state index contributed by atoms with van der Waals surface area (Å²) in [5.41, 5.74) is 0.883. The van der Waals surface area contributed by atoms with Gasteiger partial charge in [-0.25, -0.2) is 18.4 Å². The summed E-state index contributed by atoms with van der Waals surface area (Å²) in [7, 11) is -2.90. The molecule has 4 rings (SSSR count). The number of carbonyl (C=O) groups excluding carboxylic acids is 1. The molecule has 158 valence electrons. The molecule has 1 amide bonds. The Morgan fingerprint density at radius 2 is 1.93 bits per heavy atom. The molecule has 0 bridgehead atoms. The fourth-order valence-electron chi connectivity index (χ4n) is 4.40. The zero-order chi connectivity index (χ0) is 20.4. The molecule has 0 radical (unpaired) electrons. The molecule has 1 aliphatic heterocycles. The third-order valence-electron chi connectivity index (χ3n) is 6.09. The van der Waals surface area contributed by atoms with Crippen LogP contribution in [-0.2, 0) is 9.84 Å². The van der Waals surface area contributed by atoms with Crippen LogP contribution >= 0.6 is 11.3 Å². The second-order valence-corrected chi connectivity index (χ2v) is 11.6. The SMILES string of the molecule is Cc1c(C(=O)NCC2CCCCC2)sc2ncnc(NCC3CCS(=O)(=O)C3)c12. The molecule has 9 heteroatoms. The lowest BCUT2D eigenvalue weighted by atomic mass is 9.89. The molecular formula is C20H28N4O3S2. The molecule has 29 heavy (non-hydrogen) atoms. The maximum atomic E-state index is 12.8. The van der Waals surface area contributed by atoms with E-state index in [1.165, 1.54) is 49.8 Å². The minimum atomic E-state index is -2.90. The average molecular weight is 437 g/mol. The molecular weight excluding hydrogens is 408 g/mol. The van der Waals surface area contributed by atoms with Gasteiger partial charge in [0.25, 0.3) is 5.91 Å². The first-order valence-electron chi connectivity index (χ1n) is 10.4. The number of hydrogen-bond acceptors (Lipinski definition) is 7. The zero-order valence-corrected chi connectivity index (χ0v) is 18.4. The van der Waals surface area contributed by atoms with E-state index in [4.69, 9.17) is 0 Å². The summed E-state index contributed by atoms with van der Waals surface area (Å²) in [6, 6.07) is 0. The highest BCUT2D eigenvalue weighted by Crippen LogP contribution is 2.33. The topological polar surface area (TPSA) is 101 Å². The van der Waals surface area contributed by atoms with Gasteiger partial charge in [-0.3, -0.25) is 4.79 Å². The Hall–Kier alpha value is -1.74. The third-order valence-corrected chi connectivity index (χ3v) is 9.13. The lowest BCUT2D eigenvalue weighted by Gasteiger charge is -2.21. The fraction of sp³-hybridized carbons (Fsp3) is 0.650. The lowest BCUT2D eigenvalue weighted by molar-refractivity contribution is 0.0947. The number of hydrogen-bond donors (Lipinski definition) is 2. The molecule has 0 aromatic carbocycles. The molecule has 2 fully saturated rings. The van der Waals surface area contributed by atoms with E-state index < -0.39 is 9.84 Å². The summed E-state index contributed by atoms with van der Waals surface area (Å²) < 4.78 is 23.4. The summed E-state index contributed by atoms with van der Waals surface area (Å²) >= 11 is 1.39. The maximum Gasteiger partial charge on any atom is 0.261 e. The predicted molar refractivity (Wildman–Crippen MR) is 116 cm³/mol. The number of amides is 1. The number of nitrogens with zero attached hydrogens (tertiary/aromatic N) is 2. The number of rotatable bonds is 6. The van der Waals surface area contributed by atoms with E-state index in [1.807, 2.05) is 6.92 Å². The van der Waals surface area contributed by atoms with E-state index in [0.29, 0.717) is 29.6 Å². The number of fused-ring (bicyclic) bond motifs is 1. The van der Waals surface area contributed by atoms with Crippen LogP contribution in [-0.4, -0.2) is 48.9 Å². The van der Waals surface area contributed by atoms with Crippen LogP contribution in [0.4, 0.5) is 5.82 Å². The van der Waals surface area contributed by atoms with Crippen LogP contribution in [0.1, 0.15) is 53.8 Å². The first kappa shape index (κ1) is 20.5. The second kappa shape index (κ2) is 8.55. The Morgan fingerprint density at radius 1 is 1.14 bits per heavy atom. The van der Waals surface area contributed by atoms with Crippen LogP contribution in [0.25, 0.3) is 10.2 Å². The average Bonchev–Trinajstić information content (AvgIpc) is 3.24. The minimum Gasteiger partial charge on any atom is -0.369 e. The smallest absolute Gasteiger partial charge is 0.261 e. The van der Waals surface area contributed by atoms with E-state index in [2.05, 4.69) is 20.6 Å². The summed E-state index contributed by atoms with van der Waals surface area (Å²) in [6.07, 6.45) is 8.40. The molecule has 1 atom stereocenters. The largest absolute Gasteiger partial charge is 0.369 e. The third kappa shape index (κ3) is 4.71. The van der Waals surface area contributed by atoms with Crippen molar-refractivity contribution in [2.75, 3.05) is 29.9 Å². The molecule has 7 nitrogen and oxygen atoms in total. The van der Waals surface area contributed by atoms with Crippen molar-refractivity contribution in [1.82, 2.24) is 15.3 Å². The first-order chi connectivity index (χ1) is 13.9. The maximum absolute atomic E-state index is 12.8. The van der Waals surface area contributed by atoms with E-state index in [9.17, 15) is 13.2 Å². The van der Waals surface area contributed by atoms with Gasteiger partial charge in [0.05, 0.1) is 21.8 Å². The highest BCUT2D eigenvalue weighted by Gasteiger charge is 2.28. The normalized spacial score (nSPS) is 22.0. The molecule has 1 unspecified atom stereocenters. The number of aryl methyl sites for hydroxylation is 1. The van der Waals surface area contributed by atoms with Crippen molar-refractivity contribution in [2.45, 2.75) is 45.4 Å². The molecule has 2 aliphatic rings. The summed E-state index contributed by atoms with van der Waals surface area (Å²) in [4.78, 5) is 23.0. The van der Waals surface area contributed by atoms with Crippen molar-refractivity contribution in [3.8, 4) is 0 Å². The van der Waals surface area contributed by atoms with E-state index in [-0.39, 0.29) is 23.3 Å². The highest BCUT2D eigenvalue weighted by atomic mass is 32.2. The minimum absolute atomic E-state index is 0.0380. The number of thiophene rings is 1. The van der Waals surface area contributed by atoms with Gasteiger partial charge >= 0.3 is 0 Å². The van der Waals surface area contributed by atoms with E-state index in [1.54, 1.807) is 0 Å². The van der Waals surface area contributed by atoms with Gasteiger partial charge in [0.2, 0.25) is 0 Å². The molecule has 2 N–H and O–H groups in total. The van der Waals surface area contributed by atoms with E-state index in [0.717, 1.165) is 22.3 Å². The summed E-state index contributed by atoms with van der Waals surface area (Å²) in [5.74, 6) is 1.82. The Balaban J connectivity index is 1.46. The van der Waals surface area contributed by atoms with Crippen LogP contribution < -0.4 is 10.6 Å². The molecule has 1 saturated carbocycles. The molecule has 3 heterocycles. The Bertz CT molecular complexity index is 997. The molecule has 1 aliphatic carbocycles. The predicted octanol–water partition coefficient (Wildman–Crippen LogP) is 3.16. The molecule has 0 spiro atoms. The van der Waals surface area contributed by atoms with Gasteiger partial charge in [0.1, 0.15) is 17.0 Å². The monoisotopic (exact) mass is 436 g/mol. The van der Waals surface area contributed by atoms with Crippen molar-refractivity contribution in [2.24, 2.45) is 11.8 Å². The number of aromatic nitrogens is 2. The van der Waals surface area contributed by atoms with Gasteiger partial charge in [-0.05, 0) is 43.6 Å². The van der Waals surface area contributed by atoms with Crippen LogP contribution in [0.15, 0.2) is 6.33 Å². The fourth-order valence-corrected chi connectivity index (χ4v) is 7.33. The molecule has 1 saturated heterocycles. The Labute approximate surface area is 175 Å². The van der Waals surface area contributed by atoms with E-state index >= 15 is 0 Å². The van der Waals surface area contributed by atoms with Crippen molar-refractivity contribution in [3.63, 3.8) is 0 Å². The summed E-state index contributed by atoms with van der Waals surface area (Å²) in [5, 5.41) is 7.28. The van der Waals surface area contributed by atoms with Gasteiger partial charge in [-0.2, -0.15) is 0 Å². The van der Waals surface area contributed by atoms with Gasteiger partial charge in [0, 0.05) is 13.1 Å². The van der Waals surface area contributed by atoms with Crippen LogP contribution in [0.2, 0.25) is 0 Å². The van der Waals surface area contributed by atoms with Gasteiger partial charge in [0.15, 0.2) is 9.84 Å². The summed E-state index contributed by atoms with van der Waals surface area (Å²) in [6.45, 7) is 3.23. The molecule has 2 aromatic rings. The number of nitrogens with one attached hydrogen (secondary N) is 2. The highest BCUT2D eigenvalue weighted by molar-refractivity contribution is 7.91. The quantitative estimate of drug-likeness (QED) is 0.721. The van der Waals surface area contributed by atoms with Crippen LogP contribution in [0.5, 0.6) is 0 Å². The van der Waals surface area contributed by atoms with Crippen molar-refractivity contribution in [1.29, 1.82) is 0 Å². The zero-order valence-electron chi connectivity index (χ0n) is 16.7. The number of sulfone groups is 1. The standard InChI is InChI=1S/C20H28N4O3S2/c1-13-16-18(21-10-15-7-8-29(26,27)11-15)23-12-24-20(16)28-17(13)19(25)22-9-14-5-3-2-4-6-14/h12,14-15H,2-11H2,1H3,(H,22,25)(H,21,23,24). The van der Waals surface area contributed by atoms with Crippen molar-refractivity contribution >= 4 is 43.1 Å². The molecule has 2 aromatic heterocycles. The number of carbonyl (C=O) groups is 1. The van der Waals surface area contributed by atoms with Gasteiger partial charge < -0.3 is 10.6 Å². The van der Waals surface area contributed by atoms with Crippen molar-refractivity contribution in [3.05, 3.63) is 16.8 Å². The van der Waals surface area contributed by atoms with Crippen molar-refractivity contribution < 1.29 is 13.2 Å². The lowest BCUT2D eigenvalue weighted by Crippen LogP contribution is -2.30.